The minimum atomic E-state index is 0.412. The van der Waals surface area contributed by atoms with Crippen LogP contribution in [0.5, 0.6) is 0 Å². The summed E-state index contributed by atoms with van der Waals surface area (Å²) in [5, 5.41) is 12.9. The second-order valence-electron chi connectivity index (χ2n) is 5.62. The average molecular weight is 368 g/mol. The van der Waals surface area contributed by atoms with E-state index in [0.717, 1.165) is 11.1 Å². The Morgan fingerprint density at radius 3 is 2.77 bits per heavy atom. The van der Waals surface area contributed by atoms with Crippen LogP contribution in [0.1, 0.15) is 5.82 Å². The highest BCUT2D eigenvalue weighted by atomic mass is 35.5. The number of rotatable bonds is 5. The normalized spacial score (nSPS) is 10.8. The van der Waals surface area contributed by atoms with E-state index in [9.17, 15) is 0 Å². The minimum absolute atomic E-state index is 0.412. The third-order valence-electron chi connectivity index (χ3n) is 3.71. The Hall–Kier alpha value is -3.26. The highest BCUT2D eigenvalue weighted by Gasteiger charge is 2.14. The quantitative estimate of drug-likeness (QED) is 0.578. The predicted molar refractivity (Wildman–Crippen MR) is 96.5 cm³/mol. The Labute approximate surface area is 153 Å². The molecule has 0 radical (unpaired) electrons. The van der Waals surface area contributed by atoms with E-state index >= 15 is 0 Å². The van der Waals surface area contributed by atoms with E-state index < -0.39 is 0 Å². The second kappa shape index (κ2) is 6.93. The number of aromatic nitrogens is 6. The van der Waals surface area contributed by atoms with Crippen molar-refractivity contribution in [3.63, 3.8) is 0 Å². The molecule has 1 N–H and O–H groups in total. The number of pyridine rings is 1. The van der Waals surface area contributed by atoms with Crippen LogP contribution in [0.4, 0.5) is 5.95 Å². The molecule has 0 aliphatic carbocycles. The van der Waals surface area contributed by atoms with E-state index in [1.165, 1.54) is 0 Å². The smallest absolute Gasteiger partial charge is 0.258 e. The summed E-state index contributed by atoms with van der Waals surface area (Å²) in [6, 6.07) is 11.0. The van der Waals surface area contributed by atoms with Crippen molar-refractivity contribution < 1.29 is 4.52 Å². The molecule has 0 fully saturated rings. The Morgan fingerprint density at radius 1 is 1.12 bits per heavy atom. The van der Waals surface area contributed by atoms with Gasteiger partial charge in [-0.15, -0.1) is 10.2 Å². The molecule has 3 aromatic heterocycles. The van der Waals surface area contributed by atoms with Crippen LogP contribution in [0.2, 0.25) is 5.02 Å². The number of benzene rings is 1. The first-order valence-electron chi connectivity index (χ1n) is 7.82. The monoisotopic (exact) mass is 367 g/mol. The highest BCUT2D eigenvalue weighted by Crippen LogP contribution is 2.22. The molecule has 3 heterocycles. The molecule has 26 heavy (non-hydrogen) atoms. The Balaban J connectivity index is 1.49. The van der Waals surface area contributed by atoms with Crippen molar-refractivity contribution in [1.29, 1.82) is 0 Å². The molecule has 0 amide bonds. The minimum Gasteiger partial charge on any atom is -0.336 e. The summed E-state index contributed by atoms with van der Waals surface area (Å²) in [6.45, 7) is 0.412. The van der Waals surface area contributed by atoms with Crippen LogP contribution in [-0.4, -0.2) is 37.4 Å². The lowest BCUT2D eigenvalue weighted by molar-refractivity contribution is 0.422. The Bertz CT molecular complexity index is 1010. The molecule has 0 saturated heterocycles. The van der Waals surface area contributed by atoms with Gasteiger partial charge < -0.3 is 14.4 Å². The molecular weight excluding hydrogens is 354 g/mol. The van der Waals surface area contributed by atoms with E-state index in [0.29, 0.717) is 35.1 Å². The van der Waals surface area contributed by atoms with Gasteiger partial charge in [0.25, 0.3) is 5.89 Å². The van der Waals surface area contributed by atoms with E-state index in [1.807, 2.05) is 36.2 Å². The van der Waals surface area contributed by atoms with Gasteiger partial charge in [-0.25, -0.2) is 0 Å². The van der Waals surface area contributed by atoms with Crippen molar-refractivity contribution in [2.45, 2.75) is 6.54 Å². The lowest BCUT2D eigenvalue weighted by Gasteiger charge is -2.11. The van der Waals surface area contributed by atoms with Crippen molar-refractivity contribution >= 4 is 17.5 Å². The fourth-order valence-electron chi connectivity index (χ4n) is 2.41. The van der Waals surface area contributed by atoms with Gasteiger partial charge in [0.2, 0.25) is 5.95 Å². The van der Waals surface area contributed by atoms with Gasteiger partial charge in [0.1, 0.15) is 0 Å². The molecular formula is C17H14ClN7O. The lowest BCUT2D eigenvalue weighted by atomic mass is 10.2. The molecule has 130 valence electrons. The first-order chi connectivity index (χ1) is 12.7. The Kier molecular flexibility index (Phi) is 4.32. The first-order valence-corrected chi connectivity index (χ1v) is 8.19. The number of hydrogen-bond donors (Lipinski definition) is 1. The molecule has 1 aromatic carbocycles. The van der Waals surface area contributed by atoms with Crippen LogP contribution in [0.25, 0.3) is 22.8 Å². The van der Waals surface area contributed by atoms with Crippen molar-refractivity contribution in [3.05, 3.63) is 59.6 Å². The molecule has 0 aliphatic rings. The first kappa shape index (κ1) is 16.2. The van der Waals surface area contributed by atoms with Crippen LogP contribution in [0.3, 0.4) is 0 Å². The van der Waals surface area contributed by atoms with Crippen LogP contribution in [-0.2, 0) is 6.54 Å². The van der Waals surface area contributed by atoms with E-state index in [-0.39, 0.29) is 0 Å². The van der Waals surface area contributed by atoms with Gasteiger partial charge in [-0.2, -0.15) is 4.98 Å². The number of nitrogens with zero attached hydrogens (tertiary/aromatic N) is 6. The van der Waals surface area contributed by atoms with Gasteiger partial charge in [-0.1, -0.05) is 22.8 Å². The molecule has 0 atom stereocenters. The van der Waals surface area contributed by atoms with Gasteiger partial charge in [0.15, 0.2) is 11.6 Å². The summed E-state index contributed by atoms with van der Waals surface area (Å²) in [4.78, 5) is 13.4. The topological polar surface area (TPSA) is 96.6 Å². The maximum atomic E-state index is 6.00. The van der Waals surface area contributed by atoms with Crippen molar-refractivity contribution in [2.24, 2.45) is 0 Å². The van der Waals surface area contributed by atoms with E-state index in [4.69, 9.17) is 16.1 Å². The lowest BCUT2D eigenvalue weighted by Crippen LogP contribution is -2.18. The SMILES string of the molecule is CN(Cc1noc(-c2cccc(Cl)c2)n1)c1nnc(-c2ccncc2)[nH]1. The summed E-state index contributed by atoms with van der Waals surface area (Å²) in [5.41, 5.74) is 1.69. The number of nitrogens with one attached hydrogen (secondary N) is 1. The zero-order valence-electron chi connectivity index (χ0n) is 13.8. The Morgan fingerprint density at radius 2 is 1.96 bits per heavy atom. The molecule has 0 aliphatic heterocycles. The molecule has 0 unspecified atom stereocenters. The van der Waals surface area contributed by atoms with Crippen LogP contribution < -0.4 is 4.90 Å². The fraction of sp³-hybridized carbons (Fsp3) is 0.118. The van der Waals surface area contributed by atoms with Gasteiger partial charge >= 0.3 is 0 Å². The molecule has 0 bridgehead atoms. The summed E-state index contributed by atoms with van der Waals surface area (Å²) in [5.74, 6) is 2.23. The van der Waals surface area contributed by atoms with Gasteiger partial charge in [-0.05, 0) is 30.3 Å². The zero-order chi connectivity index (χ0) is 17.9. The predicted octanol–water partition coefficient (Wildman–Crippen LogP) is 3.21. The van der Waals surface area contributed by atoms with E-state index in [1.54, 1.807) is 24.5 Å². The zero-order valence-corrected chi connectivity index (χ0v) is 14.6. The molecule has 0 saturated carbocycles. The number of halogens is 1. The third kappa shape index (κ3) is 3.40. The van der Waals surface area contributed by atoms with Crippen molar-refractivity contribution in [2.75, 3.05) is 11.9 Å². The summed E-state index contributed by atoms with van der Waals surface area (Å²) >= 11 is 6.00. The average Bonchev–Trinajstić information content (AvgIpc) is 3.32. The number of hydrogen-bond acceptors (Lipinski definition) is 7. The third-order valence-corrected chi connectivity index (χ3v) is 3.94. The number of H-pyrrole nitrogens is 1. The molecule has 4 aromatic rings. The molecule has 0 spiro atoms. The fourth-order valence-corrected chi connectivity index (χ4v) is 2.60. The maximum Gasteiger partial charge on any atom is 0.258 e. The molecule has 4 rings (SSSR count). The standard InChI is InChI=1S/C17H14ClN7O/c1-25(17-21-15(22-23-17)11-5-7-19-8-6-11)10-14-20-16(26-24-14)12-3-2-4-13(18)9-12/h2-9H,10H2,1H3,(H,21,22,23). The summed E-state index contributed by atoms with van der Waals surface area (Å²) in [6.07, 6.45) is 3.41. The number of aromatic amines is 1. The van der Waals surface area contributed by atoms with Gasteiger partial charge in [0, 0.05) is 35.6 Å². The van der Waals surface area contributed by atoms with Gasteiger partial charge in [-0.3, -0.25) is 4.98 Å². The molecule has 9 heteroatoms. The van der Waals surface area contributed by atoms with Crippen LogP contribution in [0.15, 0.2) is 53.3 Å². The van der Waals surface area contributed by atoms with Crippen molar-refractivity contribution in [1.82, 2.24) is 30.3 Å². The summed E-state index contributed by atoms with van der Waals surface area (Å²) in [7, 11) is 1.87. The van der Waals surface area contributed by atoms with Gasteiger partial charge in [0.05, 0.1) is 6.54 Å². The summed E-state index contributed by atoms with van der Waals surface area (Å²) < 4.78 is 5.32. The van der Waals surface area contributed by atoms with Crippen LogP contribution >= 0.6 is 11.6 Å². The van der Waals surface area contributed by atoms with E-state index in [2.05, 4.69) is 30.3 Å². The molecule has 8 nitrogen and oxygen atoms in total. The highest BCUT2D eigenvalue weighted by molar-refractivity contribution is 6.30. The second-order valence-corrected chi connectivity index (χ2v) is 6.05. The number of anilines is 1. The largest absolute Gasteiger partial charge is 0.336 e. The maximum absolute atomic E-state index is 6.00. The van der Waals surface area contributed by atoms with Crippen molar-refractivity contribution in [3.8, 4) is 22.8 Å². The van der Waals surface area contributed by atoms with Crippen LogP contribution in [0, 0.1) is 0 Å².